The first-order valence-corrected chi connectivity index (χ1v) is 14.0. The lowest BCUT2D eigenvalue weighted by Gasteiger charge is -2.18. The normalized spacial score (nSPS) is 21.0. The van der Waals surface area contributed by atoms with Crippen LogP contribution >= 0.6 is 0 Å². The summed E-state index contributed by atoms with van der Waals surface area (Å²) in [5.74, 6) is 2.80. The lowest BCUT2D eigenvalue weighted by atomic mass is 9.92. The first-order valence-electron chi connectivity index (χ1n) is 14.0. The van der Waals surface area contributed by atoms with Gasteiger partial charge in [-0.3, -0.25) is 0 Å². The predicted molar refractivity (Wildman–Crippen MR) is 150 cm³/mol. The van der Waals surface area contributed by atoms with Crippen LogP contribution in [0.2, 0.25) is 0 Å². The zero-order valence-electron chi connectivity index (χ0n) is 23.4. The zero-order valence-corrected chi connectivity index (χ0v) is 23.4. The molecular weight excluding hydrogens is 492 g/mol. The Balaban J connectivity index is 1.27. The predicted octanol–water partition coefficient (Wildman–Crippen LogP) is 5.43. The van der Waals surface area contributed by atoms with Crippen LogP contribution in [0.1, 0.15) is 44.5 Å². The van der Waals surface area contributed by atoms with E-state index in [4.69, 9.17) is 28.4 Å². The Hall–Kier alpha value is -3.06. The highest BCUT2D eigenvalue weighted by atomic mass is 16.6. The quantitative estimate of drug-likeness (QED) is 0.275. The number of ether oxygens (including phenoxy) is 6. The molecule has 0 radical (unpaired) electrons. The summed E-state index contributed by atoms with van der Waals surface area (Å²) in [5, 5.41) is 0. The zero-order chi connectivity index (χ0) is 26.9. The number of hydrogen-bond donors (Lipinski definition) is 0. The number of aryl methyl sites for hydroxylation is 2. The summed E-state index contributed by atoms with van der Waals surface area (Å²) in [4.78, 5) is 0. The van der Waals surface area contributed by atoms with E-state index < -0.39 is 0 Å². The smallest absolute Gasteiger partial charge is 0.122 e. The molecule has 39 heavy (non-hydrogen) atoms. The molecule has 3 aliphatic heterocycles. The van der Waals surface area contributed by atoms with Gasteiger partial charge >= 0.3 is 0 Å². The molecule has 0 aliphatic carbocycles. The van der Waals surface area contributed by atoms with Crippen LogP contribution in [-0.2, 0) is 27.1 Å². The van der Waals surface area contributed by atoms with E-state index in [0.29, 0.717) is 19.8 Å². The van der Waals surface area contributed by atoms with Gasteiger partial charge in [0.25, 0.3) is 0 Å². The van der Waals surface area contributed by atoms with Crippen molar-refractivity contribution in [3.63, 3.8) is 0 Å². The van der Waals surface area contributed by atoms with Crippen molar-refractivity contribution >= 4 is 0 Å². The van der Waals surface area contributed by atoms with Crippen LogP contribution in [0.25, 0.3) is 0 Å². The molecule has 3 aliphatic rings. The maximum absolute atomic E-state index is 6.28. The van der Waals surface area contributed by atoms with Gasteiger partial charge in [0.15, 0.2) is 0 Å². The molecule has 3 unspecified atom stereocenters. The third-order valence-electron chi connectivity index (χ3n) is 7.66. The molecule has 3 aromatic carbocycles. The molecule has 0 aromatic heterocycles. The topological polar surface area (TPSA) is 65.3 Å². The Morgan fingerprint density at radius 1 is 0.590 bits per heavy atom. The molecule has 0 amide bonds. The Bertz CT molecular complexity index is 1340. The SMILES string of the molecule is Cc1cc(Cc2cc(Cc3ccc(C)c(OCC4CO4)c3)c(C)c(OCC3CO3)c2)c(C)c(OCC2CO2)c1. The van der Waals surface area contributed by atoms with Crippen molar-refractivity contribution in [2.75, 3.05) is 39.6 Å². The largest absolute Gasteiger partial charge is 0.491 e. The third kappa shape index (κ3) is 6.93. The third-order valence-corrected chi connectivity index (χ3v) is 7.66. The minimum Gasteiger partial charge on any atom is -0.491 e. The highest BCUT2D eigenvalue weighted by molar-refractivity contribution is 5.50. The summed E-state index contributed by atoms with van der Waals surface area (Å²) in [5.41, 5.74) is 9.64. The fourth-order valence-corrected chi connectivity index (χ4v) is 4.87. The van der Waals surface area contributed by atoms with Gasteiger partial charge in [-0.05, 0) is 103 Å². The minimum absolute atomic E-state index is 0.206. The second kappa shape index (κ2) is 11.2. The summed E-state index contributed by atoms with van der Waals surface area (Å²) >= 11 is 0. The molecule has 3 atom stereocenters. The van der Waals surface area contributed by atoms with E-state index in [1.807, 2.05) is 0 Å². The molecule has 6 rings (SSSR count). The molecule has 6 nitrogen and oxygen atoms in total. The van der Waals surface area contributed by atoms with Gasteiger partial charge in [0, 0.05) is 0 Å². The van der Waals surface area contributed by atoms with Gasteiger partial charge in [0.1, 0.15) is 55.4 Å². The van der Waals surface area contributed by atoms with Crippen molar-refractivity contribution in [3.8, 4) is 17.2 Å². The minimum atomic E-state index is 0.206. The van der Waals surface area contributed by atoms with Crippen molar-refractivity contribution in [2.24, 2.45) is 0 Å². The van der Waals surface area contributed by atoms with Gasteiger partial charge in [-0.25, -0.2) is 0 Å². The Morgan fingerprint density at radius 2 is 1.08 bits per heavy atom. The first-order chi connectivity index (χ1) is 18.9. The van der Waals surface area contributed by atoms with Gasteiger partial charge in [-0.15, -0.1) is 0 Å². The molecule has 0 N–H and O–H groups in total. The highest BCUT2D eigenvalue weighted by Crippen LogP contribution is 2.32. The summed E-state index contributed by atoms with van der Waals surface area (Å²) in [7, 11) is 0. The van der Waals surface area contributed by atoms with E-state index in [1.54, 1.807) is 0 Å². The van der Waals surface area contributed by atoms with Gasteiger partial charge in [-0.1, -0.05) is 24.3 Å². The Kier molecular flexibility index (Phi) is 7.52. The molecule has 0 saturated carbocycles. The second-order valence-electron chi connectivity index (χ2n) is 11.2. The van der Waals surface area contributed by atoms with E-state index in [1.165, 1.54) is 38.9 Å². The fraction of sp³-hybridized carbons (Fsp3) is 0.455. The number of hydrogen-bond acceptors (Lipinski definition) is 6. The first kappa shape index (κ1) is 26.2. The van der Waals surface area contributed by atoms with Crippen molar-refractivity contribution < 1.29 is 28.4 Å². The van der Waals surface area contributed by atoms with E-state index in [2.05, 4.69) is 70.2 Å². The highest BCUT2D eigenvalue weighted by Gasteiger charge is 2.25. The fourth-order valence-electron chi connectivity index (χ4n) is 4.87. The molecule has 6 heteroatoms. The van der Waals surface area contributed by atoms with Crippen molar-refractivity contribution in [3.05, 3.63) is 87.0 Å². The Labute approximate surface area is 231 Å². The number of epoxide rings is 3. The van der Waals surface area contributed by atoms with Crippen LogP contribution in [0.4, 0.5) is 0 Å². The molecule has 0 spiro atoms. The van der Waals surface area contributed by atoms with E-state index in [0.717, 1.165) is 55.5 Å². The van der Waals surface area contributed by atoms with Crippen LogP contribution in [0, 0.1) is 27.7 Å². The standard InChI is InChI=1S/C33H38O6/c1-20-7-26(22(3)32(8-20)38-18-29-15-35-29)10-25-11-27(23(4)33(13-25)39-19-30-16-36-30)9-24-6-5-21(2)31(12-24)37-17-28-14-34-28/h5-8,11-13,28-30H,9-10,14-19H2,1-4H3. The van der Waals surface area contributed by atoms with Crippen LogP contribution in [0.5, 0.6) is 17.2 Å². The molecule has 206 valence electrons. The lowest BCUT2D eigenvalue weighted by Crippen LogP contribution is -2.08. The molecular formula is C33H38O6. The van der Waals surface area contributed by atoms with Gasteiger partial charge in [0.2, 0.25) is 0 Å². The molecule has 3 aromatic rings. The summed E-state index contributed by atoms with van der Waals surface area (Å²) in [6.07, 6.45) is 2.28. The van der Waals surface area contributed by atoms with Gasteiger partial charge in [-0.2, -0.15) is 0 Å². The van der Waals surface area contributed by atoms with E-state index in [-0.39, 0.29) is 18.3 Å². The summed E-state index contributed by atoms with van der Waals surface area (Å²) in [6, 6.07) is 15.4. The maximum atomic E-state index is 6.28. The average Bonchev–Trinajstić information content (AvgIpc) is 3.76. The van der Waals surface area contributed by atoms with Crippen molar-refractivity contribution in [1.29, 1.82) is 0 Å². The Morgan fingerprint density at radius 3 is 1.67 bits per heavy atom. The number of rotatable bonds is 13. The van der Waals surface area contributed by atoms with Crippen LogP contribution in [-0.4, -0.2) is 58.0 Å². The van der Waals surface area contributed by atoms with Crippen molar-refractivity contribution in [1.82, 2.24) is 0 Å². The van der Waals surface area contributed by atoms with E-state index in [9.17, 15) is 0 Å². The summed E-state index contributed by atoms with van der Waals surface area (Å²) < 4.78 is 34.5. The summed E-state index contributed by atoms with van der Waals surface area (Å²) in [6.45, 7) is 12.7. The van der Waals surface area contributed by atoms with Crippen molar-refractivity contribution in [2.45, 2.75) is 58.8 Å². The molecule has 3 saturated heterocycles. The monoisotopic (exact) mass is 530 g/mol. The molecule has 0 bridgehead atoms. The maximum Gasteiger partial charge on any atom is 0.122 e. The molecule has 3 fully saturated rings. The number of benzene rings is 3. The van der Waals surface area contributed by atoms with Crippen LogP contribution in [0.3, 0.4) is 0 Å². The second-order valence-corrected chi connectivity index (χ2v) is 11.2. The van der Waals surface area contributed by atoms with Crippen LogP contribution < -0.4 is 14.2 Å². The van der Waals surface area contributed by atoms with E-state index >= 15 is 0 Å². The lowest BCUT2D eigenvalue weighted by molar-refractivity contribution is 0.261. The van der Waals surface area contributed by atoms with Crippen LogP contribution in [0.15, 0.2) is 42.5 Å². The van der Waals surface area contributed by atoms with Gasteiger partial charge in [0.05, 0.1) is 19.8 Å². The average molecular weight is 531 g/mol. The van der Waals surface area contributed by atoms with Gasteiger partial charge < -0.3 is 28.4 Å². The molecule has 3 heterocycles.